The van der Waals surface area contributed by atoms with E-state index in [4.69, 9.17) is 16.3 Å². The Morgan fingerprint density at radius 1 is 1.20 bits per heavy atom. The lowest BCUT2D eigenvalue weighted by Gasteiger charge is -2.09. The predicted octanol–water partition coefficient (Wildman–Crippen LogP) is 3.17. The van der Waals surface area contributed by atoms with Crippen molar-refractivity contribution in [1.82, 2.24) is 0 Å². The van der Waals surface area contributed by atoms with Crippen molar-refractivity contribution in [2.75, 3.05) is 18.4 Å². The molecule has 10 heteroatoms. The Balaban J connectivity index is 2.28. The first kappa shape index (κ1) is 19.2. The van der Waals surface area contributed by atoms with Crippen LogP contribution in [0.3, 0.4) is 0 Å². The highest BCUT2D eigenvalue weighted by molar-refractivity contribution is 7.93. The van der Waals surface area contributed by atoms with Gasteiger partial charge in [0.15, 0.2) is 0 Å². The Bertz CT molecular complexity index is 889. The van der Waals surface area contributed by atoms with Crippen molar-refractivity contribution >= 4 is 50.6 Å². The van der Waals surface area contributed by atoms with Crippen LogP contribution >= 0.6 is 22.9 Å². The number of esters is 2. The van der Waals surface area contributed by atoms with E-state index >= 15 is 0 Å². The standard InChI is InChI=1S/C15H14ClNO6S2/c1-3-23-14(18)9-4-6-10(7-5-9)17-25(20,21)11-8-12(16)24-13(11)15(19)22-2/h4-8,17H,3H2,1-2H3. The zero-order valence-corrected chi connectivity index (χ0v) is 15.6. The van der Waals surface area contributed by atoms with Gasteiger partial charge in [-0.3, -0.25) is 4.72 Å². The van der Waals surface area contributed by atoms with Crippen molar-refractivity contribution in [3.05, 3.63) is 45.1 Å². The van der Waals surface area contributed by atoms with Crippen molar-refractivity contribution in [3.63, 3.8) is 0 Å². The number of anilines is 1. The molecule has 2 aromatic rings. The van der Waals surface area contributed by atoms with Crippen LogP contribution in [-0.2, 0) is 19.5 Å². The molecule has 1 aromatic carbocycles. The number of hydrogen-bond acceptors (Lipinski definition) is 7. The molecule has 7 nitrogen and oxygen atoms in total. The van der Waals surface area contributed by atoms with Gasteiger partial charge in [0.05, 0.1) is 23.6 Å². The molecular formula is C15H14ClNO6S2. The van der Waals surface area contributed by atoms with E-state index in [1.54, 1.807) is 6.92 Å². The molecule has 2 rings (SSSR count). The Kier molecular flexibility index (Phi) is 6.04. The molecule has 25 heavy (non-hydrogen) atoms. The highest BCUT2D eigenvalue weighted by Crippen LogP contribution is 2.32. The summed E-state index contributed by atoms with van der Waals surface area (Å²) in [6.45, 7) is 1.92. The number of carbonyl (C=O) groups excluding carboxylic acids is 2. The Morgan fingerprint density at radius 3 is 2.40 bits per heavy atom. The van der Waals surface area contributed by atoms with E-state index in [1.807, 2.05) is 0 Å². The van der Waals surface area contributed by atoms with Crippen LogP contribution in [0.1, 0.15) is 27.0 Å². The number of thiophene rings is 1. The van der Waals surface area contributed by atoms with Crippen LogP contribution in [0.5, 0.6) is 0 Å². The third-order valence-corrected chi connectivity index (χ3v) is 5.76. The molecule has 0 saturated heterocycles. The van der Waals surface area contributed by atoms with Crippen LogP contribution < -0.4 is 4.72 Å². The van der Waals surface area contributed by atoms with E-state index in [1.165, 1.54) is 30.3 Å². The molecule has 0 aliphatic heterocycles. The lowest BCUT2D eigenvalue weighted by Crippen LogP contribution is -2.16. The fourth-order valence-electron chi connectivity index (χ4n) is 1.88. The van der Waals surface area contributed by atoms with Gasteiger partial charge in [0, 0.05) is 5.69 Å². The van der Waals surface area contributed by atoms with Crippen LogP contribution in [0.15, 0.2) is 35.2 Å². The highest BCUT2D eigenvalue weighted by atomic mass is 35.5. The number of nitrogens with one attached hydrogen (secondary N) is 1. The van der Waals surface area contributed by atoms with Crippen LogP contribution in [0.2, 0.25) is 4.34 Å². The SMILES string of the molecule is CCOC(=O)c1ccc(NS(=O)(=O)c2cc(Cl)sc2C(=O)OC)cc1. The normalized spacial score (nSPS) is 11.0. The molecule has 0 amide bonds. The van der Waals surface area contributed by atoms with Gasteiger partial charge in [0.2, 0.25) is 0 Å². The van der Waals surface area contributed by atoms with E-state index in [-0.39, 0.29) is 26.4 Å². The first-order valence-corrected chi connectivity index (χ1v) is 9.64. The fourth-order valence-corrected chi connectivity index (χ4v) is 4.67. The maximum atomic E-state index is 12.5. The lowest BCUT2D eigenvalue weighted by atomic mass is 10.2. The van der Waals surface area contributed by atoms with E-state index in [0.717, 1.165) is 18.4 Å². The summed E-state index contributed by atoms with van der Waals surface area (Å²) < 4.78 is 36.9. The largest absolute Gasteiger partial charge is 0.465 e. The maximum Gasteiger partial charge on any atom is 0.349 e. The average Bonchev–Trinajstić information content (AvgIpc) is 2.97. The van der Waals surface area contributed by atoms with E-state index in [0.29, 0.717) is 5.56 Å². The molecule has 0 bridgehead atoms. The fraction of sp³-hybridized carbons (Fsp3) is 0.200. The molecule has 0 spiro atoms. The van der Waals surface area contributed by atoms with E-state index in [2.05, 4.69) is 9.46 Å². The van der Waals surface area contributed by atoms with Crippen molar-refractivity contribution in [1.29, 1.82) is 0 Å². The van der Waals surface area contributed by atoms with E-state index < -0.39 is 22.0 Å². The number of sulfonamides is 1. The summed E-state index contributed by atoms with van der Waals surface area (Å²) in [6, 6.07) is 6.86. The molecule has 1 aromatic heterocycles. The van der Waals surface area contributed by atoms with Crippen molar-refractivity contribution in [2.45, 2.75) is 11.8 Å². The molecule has 1 heterocycles. The van der Waals surface area contributed by atoms with Gasteiger partial charge in [-0.15, -0.1) is 11.3 Å². The summed E-state index contributed by atoms with van der Waals surface area (Å²) in [5.74, 6) is -1.30. The minimum atomic E-state index is -4.06. The Labute approximate surface area is 153 Å². The van der Waals surface area contributed by atoms with Gasteiger partial charge in [-0.05, 0) is 37.3 Å². The molecular weight excluding hydrogens is 390 g/mol. The first-order valence-electron chi connectivity index (χ1n) is 6.96. The number of methoxy groups -OCH3 is 1. The van der Waals surface area contributed by atoms with Crippen LogP contribution in [0, 0.1) is 0 Å². The maximum absolute atomic E-state index is 12.5. The Hall–Kier alpha value is -2.10. The smallest absolute Gasteiger partial charge is 0.349 e. The first-order chi connectivity index (χ1) is 11.8. The highest BCUT2D eigenvalue weighted by Gasteiger charge is 2.26. The molecule has 0 fully saturated rings. The summed E-state index contributed by atoms with van der Waals surface area (Å²) in [5.41, 5.74) is 0.504. The minimum Gasteiger partial charge on any atom is -0.465 e. The molecule has 0 aliphatic carbocycles. The van der Waals surface area contributed by atoms with Gasteiger partial charge in [-0.25, -0.2) is 18.0 Å². The average molecular weight is 404 g/mol. The molecule has 0 aliphatic rings. The number of carbonyl (C=O) groups is 2. The third-order valence-electron chi connectivity index (χ3n) is 2.98. The zero-order chi connectivity index (χ0) is 18.6. The molecule has 1 N–H and O–H groups in total. The zero-order valence-electron chi connectivity index (χ0n) is 13.2. The number of hydrogen-bond donors (Lipinski definition) is 1. The monoisotopic (exact) mass is 403 g/mol. The van der Waals surface area contributed by atoms with Gasteiger partial charge in [0.25, 0.3) is 10.0 Å². The second-order valence-electron chi connectivity index (χ2n) is 4.64. The van der Waals surface area contributed by atoms with Gasteiger partial charge < -0.3 is 9.47 Å². The summed E-state index contributed by atoms with van der Waals surface area (Å²) >= 11 is 6.63. The van der Waals surface area contributed by atoms with Crippen LogP contribution in [-0.4, -0.2) is 34.1 Å². The summed E-state index contributed by atoms with van der Waals surface area (Å²) in [4.78, 5) is 22.9. The second kappa shape index (κ2) is 7.85. The summed E-state index contributed by atoms with van der Waals surface area (Å²) in [6.07, 6.45) is 0. The summed E-state index contributed by atoms with van der Waals surface area (Å²) in [7, 11) is -2.92. The van der Waals surface area contributed by atoms with E-state index in [9.17, 15) is 18.0 Å². The predicted molar refractivity (Wildman–Crippen MR) is 93.9 cm³/mol. The number of halogens is 1. The van der Waals surface area contributed by atoms with Crippen LogP contribution in [0.4, 0.5) is 5.69 Å². The summed E-state index contributed by atoms with van der Waals surface area (Å²) in [5, 5.41) is 0. The molecule has 0 radical (unpaired) electrons. The molecule has 0 saturated carbocycles. The van der Waals surface area contributed by atoms with Gasteiger partial charge >= 0.3 is 11.9 Å². The molecule has 0 unspecified atom stereocenters. The van der Waals surface area contributed by atoms with Gasteiger partial charge in [-0.2, -0.15) is 0 Å². The lowest BCUT2D eigenvalue weighted by molar-refractivity contribution is 0.0525. The number of ether oxygens (including phenoxy) is 2. The van der Waals surface area contributed by atoms with Crippen molar-refractivity contribution in [2.24, 2.45) is 0 Å². The number of rotatable bonds is 6. The molecule has 0 atom stereocenters. The van der Waals surface area contributed by atoms with Gasteiger partial charge in [-0.1, -0.05) is 11.6 Å². The quantitative estimate of drug-likeness (QED) is 0.744. The number of benzene rings is 1. The van der Waals surface area contributed by atoms with Crippen molar-refractivity contribution in [3.8, 4) is 0 Å². The van der Waals surface area contributed by atoms with Gasteiger partial charge in [0.1, 0.15) is 9.77 Å². The molecule has 134 valence electrons. The minimum absolute atomic E-state index is 0.122. The third kappa shape index (κ3) is 4.50. The topological polar surface area (TPSA) is 98.8 Å². The Morgan fingerprint density at radius 2 is 1.84 bits per heavy atom. The van der Waals surface area contributed by atoms with Crippen LogP contribution in [0.25, 0.3) is 0 Å². The second-order valence-corrected chi connectivity index (χ2v) is 7.97. The van der Waals surface area contributed by atoms with Crippen molar-refractivity contribution < 1.29 is 27.5 Å².